The zero-order valence-corrected chi connectivity index (χ0v) is 12.7. The fourth-order valence-electron chi connectivity index (χ4n) is 4.04. The van der Waals surface area contributed by atoms with Crippen LogP contribution in [0.15, 0.2) is 16.7 Å². The Bertz CT molecular complexity index is 409. The molecule has 1 saturated carbocycles. The zero-order chi connectivity index (χ0) is 13.8. The summed E-state index contributed by atoms with van der Waals surface area (Å²) in [7, 11) is 0. The Morgan fingerprint density at radius 1 is 1.25 bits per heavy atom. The van der Waals surface area contributed by atoms with Crippen LogP contribution in [0.2, 0.25) is 0 Å². The zero-order valence-electron chi connectivity index (χ0n) is 12.7. The van der Waals surface area contributed by atoms with Gasteiger partial charge in [0.05, 0.1) is 12.8 Å². The van der Waals surface area contributed by atoms with Crippen molar-refractivity contribution in [1.29, 1.82) is 0 Å². The summed E-state index contributed by atoms with van der Waals surface area (Å²) < 4.78 is 5.65. The molecule has 1 aromatic rings. The lowest BCUT2D eigenvalue weighted by Crippen LogP contribution is -2.34. The Kier molecular flexibility index (Phi) is 4.79. The van der Waals surface area contributed by atoms with E-state index in [1.54, 1.807) is 0 Å². The average Bonchev–Trinajstić information content (AvgIpc) is 3.18. The molecule has 20 heavy (non-hydrogen) atoms. The molecule has 1 atom stereocenters. The maximum atomic E-state index is 5.65. The molecule has 0 bridgehead atoms. The lowest BCUT2D eigenvalue weighted by Gasteiger charge is -2.29. The fraction of sp³-hybridized carbons (Fsp3) is 0.765. The molecule has 3 heteroatoms. The van der Waals surface area contributed by atoms with Crippen LogP contribution in [0.25, 0.3) is 0 Å². The summed E-state index contributed by atoms with van der Waals surface area (Å²) in [5.74, 6) is 2.09. The van der Waals surface area contributed by atoms with E-state index in [9.17, 15) is 0 Å². The van der Waals surface area contributed by atoms with Gasteiger partial charge >= 0.3 is 0 Å². The molecule has 3 rings (SSSR count). The Morgan fingerprint density at radius 3 is 2.90 bits per heavy atom. The van der Waals surface area contributed by atoms with Crippen LogP contribution in [0.5, 0.6) is 0 Å². The summed E-state index contributed by atoms with van der Waals surface area (Å²) in [6.07, 6.45) is 10.4. The highest BCUT2D eigenvalue weighted by molar-refractivity contribution is 5.17. The fourth-order valence-corrected chi connectivity index (χ4v) is 4.04. The molecule has 1 aromatic heterocycles. The average molecular weight is 276 g/mol. The molecule has 0 radical (unpaired) electrons. The number of likely N-dealkylation sites (tertiary alicyclic amines) is 1. The largest absolute Gasteiger partial charge is 0.468 e. The van der Waals surface area contributed by atoms with Crippen LogP contribution in [-0.4, -0.2) is 24.0 Å². The van der Waals surface area contributed by atoms with E-state index >= 15 is 0 Å². The van der Waals surface area contributed by atoms with Crippen molar-refractivity contribution in [3.63, 3.8) is 0 Å². The number of rotatable bonds is 6. The smallest absolute Gasteiger partial charge is 0.122 e. The Morgan fingerprint density at radius 2 is 2.10 bits per heavy atom. The Balaban J connectivity index is 1.62. The van der Waals surface area contributed by atoms with Gasteiger partial charge in [-0.3, -0.25) is 4.90 Å². The minimum Gasteiger partial charge on any atom is -0.468 e. The molecule has 2 heterocycles. The summed E-state index contributed by atoms with van der Waals surface area (Å²) in [6, 6.07) is 3.00. The molecule has 0 aromatic carbocycles. The van der Waals surface area contributed by atoms with E-state index in [4.69, 9.17) is 4.42 Å². The summed E-state index contributed by atoms with van der Waals surface area (Å²) in [4.78, 5) is 2.72. The second-order valence-electron chi connectivity index (χ2n) is 6.37. The number of hydrogen-bond donors (Lipinski definition) is 1. The van der Waals surface area contributed by atoms with Crippen molar-refractivity contribution in [3.8, 4) is 0 Å². The van der Waals surface area contributed by atoms with E-state index in [2.05, 4.69) is 23.2 Å². The number of nitrogens with zero attached hydrogens (tertiary/aromatic N) is 1. The van der Waals surface area contributed by atoms with Gasteiger partial charge in [0, 0.05) is 18.2 Å². The summed E-state index contributed by atoms with van der Waals surface area (Å²) >= 11 is 0. The van der Waals surface area contributed by atoms with E-state index in [0.29, 0.717) is 0 Å². The summed E-state index contributed by atoms with van der Waals surface area (Å²) in [6.45, 7) is 6.35. The minimum absolute atomic E-state index is 0.833. The van der Waals surface area contributed by atoms with Crippen molar-refractivity contribution in [2.75, 3.05) is 13.1 Å². The predicted octanol–water partition coefficient (Wildman–Crippen LogP) is 3.54. The van der Waals surface area contributed by atoms with Crippen molar-refractivity contribution in [2.24, 2.45) is 5.92 Å². The standard InChI is InChI=1S/C17H28N2O/c1-2-18-12-17-15(9-11-20-17)13-19-10-5-8-16(19)14-6-3-4-7-14/h9,11,14,16,18H,2-8,10,12-13H2,1H3. The van der Waals surface area contributed by atoms with Crippen molar-refractivity contribution >= 4 is 0 Å². The highest BCUT2D eigenvalue weighted by Crippen LogP contribution is 2.36. The summed E-state index contributed by atoms with van der Waals surface area (Å²) in [5.41, 5.74) is 1.39. The van der Waals surface area contributed by atoms with Gasteiger partial charge in [-0.1, -0.05) is 19.8 Å². The van der Waals surface area contributed by atoms with Gasteiger partial charge in [0.15, 0.2) is 0 Å². The van der Waals surface area contributed by atoms with Gasteiger partial charge in [-0.25, -0.2) is 0 Å². The first-order valence-corrected chi connectivity index (χ1v) is 8.38. The molecule has 3 nitrogen and oxygen atoms in total. The van der Waals surface area contributed by atoms with Crippen LogP contribution in [0.3, 0.4) is 0 Å². The molecule has 1 unspecified atom stereocenters. The quantitative estimate of drug-likeness (QED) is 0.861. The predicted molar refractivity (Wildman–Crippen MR) is 81.5 cm³/mol. The van der Waals surface area contributed by atoms with Crippen molar-refractivity contribution < 1.29 is 4.42 Å². The Hall–Kier alpha value is -0.800. The third-order valence-electron chi connectivity index (χ3n) is 5.10. The Labute approximate surface area is 122 Å². The van der Waals surface area contributed by atoms with Gasteiger partial charge in [-0.2, -0.15) is 0 Å². The molecule has 1 N–H and O–H groups in total. The van der Waals surface area contributed by atoms with E-state index in [0.717, 1.165) is 37.4 Å². The van der Waals surface area contributed by atoms with Gasteiger partial charge < -0.3 is 9.73 Å². The van der Waals surface area contributed by atoms with Crippen LogP contribution >= 0.6 is 0 Å². The van der Waals surface area contributed by atoms with E-state index in [-0.39, 0.29) is 0 Å². The van der Waals surface area contributed by atoms with Crippen LogP contribution in [0, 0.1) is 5.92 Å². The first kappa shape index (κ1) is 14.2. The molecule has 0 amide bonds. The monoisotopic (exact) mass is 276 g/mol. The van der Waals surface area contributed by atoms with Crippen LogP contribution in [-0.2, 0) is 13.1 Å². The van der Waals surface area contributed by atoms with Gasteiger partial charge in [0.1, 0.15) is 5.76 Å². The first-order chi connectivity index (χ1) is 9.88. The second-order valence-corrected chi connectivity index (χ2v) is 6.37. The number of nitrogens with one attached hydrogen (secondary N) is 1. The second kappa shape index (κ2) is 6.77. The first-order valence-electron chi connectivity index (χ1n) is 8.38. The SMILES string of the molecule is CCNCc1occc1CN1CCCC1C1CCCC1. The number of furan rings is 1. The van der Waals surface area contributed by atoms with Gasteiger partial charge in [0.25, 0.3) is 0 Å². The molecular formula is C17H28N2O. The van der Waals surface area contributed by atoms with E-state index < -0.39 is 0 Å². The van der Waals surface area contributed by atoms with E-state index in [1.807, 2.05) is 6.26 Å². The van der Waals surface area contributed by atoms with Gasteiger partial charge in [-0.15, -0.1) is 0 Å². The molecule has 1 saturated heterocycles. The van der Waals surface area contributed by atoms with E-state index in [1.165, 1.54) is 50.6 Å². The molecular weight excluding hydrogens is 248 g/mol. The maximum absolute atomic E-state index is 5.65. The molecule has 1 aliphatic heterocycles. The third-order valence-corrected chi connectivity index (χ3v) is 5.10. The van der Waals surface area contributed by atoms with Gasteiger partial charge in [0.2, 0.25) is 0 Å². The topological polar surface area (TPSA) is 28.4 Å². The molecule has 2 fully saturated rings. The van der Waals surface area contributed by atoms with Crippen LogP contribution < -0.4 is 5.32 Å². The highest BCUT2D eigenvalue weighted by Gasteiger charge is 2.33. The van der Waals surface area contributed by atoms with Gasteiger partial charge in [-0.05, 0) is 50.8 Å². The van der Waals surface area contributed by atoms with Crippen molar-refractivity contribution in [2.45, 2.75) is 64.6 Å². The lowest BCUT2D eigenvalue weighted by molar-refractivity contribution is 0.182. The van der Waals surface area contributed by atoms with Crippen LogP contribution in [0.4, 0.5) is 0 Å². The number of hydrogen-bond acceptors (Lipinski definition) is 3. The van der Waals surface area contributed by atoms with Crippen LogP contribution in [0.1, 0.15) is 56.8 Å². The third kappa shape index (κ3) is 3.09. The molecule has 2 aliphatic rings. The van der Waals surface area contributed by atoms with Crippen molar-refractivity contribution in [1.82, 2.24) is 10.2 Å². The normalized spacial score (nSPS) is 24.8. The molecule has 1 aliphatic carbocycles. The summed E-state index contributed by atoms with van der Waals surface area (Å²) in [5, 5.41) is 3.37. The molecule has 0 spiro atoms. The minimum atomic E-state index is 0.833. The lowest BCUT2D eigenvalue weighted by atomic mass is 9.96. The molecule has 112 valence electrons. The highest BCUT2D eigenvalue weighted by atomic mass is 16.3. The van der Waals surface area contributed by atoms with Crippen molar-refractivity contribution in [3.05, 3.63) is 23.7 Å². The maximum Gasteiger partial charge on any atom is 0.122 e.